The Balaban J connectivity index is 2.07. The van der Waals surface area contributed by atoms with Crippen LogP contribution < -0.4 is 5.73 Å². The summed E-state index contributed by atoms with van der Waals surface area (Å²) in [5.74, 6) is 0.803. The Kier molecular flexibility index (Phi) is 4.91. The lowest BCUT2D eigenvalue weighted by atomic mass is 9.69. The highest BCUT2D eigenvalue weighted by atomic mass is 16.5. The molecule has 0 spiro atoms. The van der Waals surface area contributed by atoms with Gasteiger partial charge in [0.05, 0.1) is 13.2 Å². The second kappa shape index (κ2) is 6.11. The maximum absolute atomic E-state index is 6.45. The van der Waals surface area contributed by atoms with Crippen molar-refractivity contribution in [3.63, 3.8) is 0 Å². The first kappa shape index (κ1) is 15.3. The SMILES string of the molecule is CCC1COCCN1C1CC(C(C)(C)C)CCC1N. The Labute approximate surface area is 118 Å². The van der Waals surface area contributed by atoms with E-state index in [1.807, 2.05) is 0 Å². The molecular weight excluding hydrogens is 236 g/mol. The molecule has 2 fully saturated rings. The van der Waals surface area contributed by atoms with E-state index in [0.29, 0.717) is 23.5 Å². The maximum atomic E-state index is 6.45. The summed E-state index contributed by atoms with van der Waals surface area (Å²) in [4.78, 5) is 2.66. The number of ether oxygens (including phenoxy) is 1. The van der Waals surface area contributed by atoms with Crippen LogP contribution in [0.15, 0.2) is 0 Å². The lowest BCUT2D eigenvalue weighted by Crippen LogP contribution is -2.59. The third-order valence-corrected chi connectivity index (χ3v) is 5.26. The molecule has 0 amide bonds. The molecule has 1 aliphatic carbocycles. The van der Waals surface area contributed by atoms with Crippen LogP contribution in [0.25, 0.3) is 0 Å². The van der Waals surface area contributed by atoms with E-state index in [-0.39, 0.29) is 0 Å². The first-order valence-corrected chi connectivity index (χ1v) is 8.02. The molecule has 1 aliphatic heterocycles. The molecule has 1 saturated carbocycles. The van der Waals surface area contributed by atoms with Crippen LogP contribution in [-0.4, -0.2) is 42.8 Å². The molecule has 3 heteroatoms. The summed E-state index contributed by atoms with van der Waals surface area (Å²) < 4.78 is 5.64. The summed E-state index contributed by atoms with van der Waals surface area (Å²) in [5.41, 5.74) is 6.86. The van der Waals surface area contributed by atoms with Gasteiger partial charge in [-0.15, -0.1) is 0 Å². The van der Waals surface area contributed by atoms with Crippen LogP contribution in [0.2, 0.25) is 0 Å². The molecule has 0 radical (unpaired) electrons. The summed E-state index contributed by atoms with van der Waals surface area (Å²) in [7, 11) is 0. The fraction of sp³-hybridized carbons (Fsp3) is 1.00. The number of rotatable bonds is 2. The lowest BCUT2D eigenvalue weighted by Gasteiger charge is -2.48. The zero-order valence-corrected chi connectivity index (χ0v) is 13.2. The quantitative estimate of drug-likeness (QED) is 0.837. The summed E-state index contributed by atoms with van der Waals surface area (Å²) in [6.45, 7) is 12.2. The van der Waals surface area contributed by atoms with E-state index in [1.54, 1.807) is 0 Å². The summed E-state index contributed by atoms with van der Waals surface area (Å²) in [6, 6.07) is 1.49. The Hall–Kier alpha value is -0.120. The molecule has 0 aromatic heterocycles. The van der Waals surface area contributed by atoms with Gasteiger partial charge in [0.25, 0.3) is 0 Å². The number of hydrogen-bond donors (Lipinski definition) is 1. The lowest BCUT2D eigenvalue weighted by molar-refractivity contribution is -0.0521. The highest BCUT2D eigenvalue weighted by Crippen LogP contribution is 2.39. The zero-order valence-electron chi connectivity index (χ0n) is 13.2. The molecule has 0 aromatic carbocycles. The van der Waals surface area contributed by atoms with E-state index in [9.17, 15) is 0 Å². The molecule has 2 aliphatic rings. The molecule has 19 heavy (non-hydrogen) atoms. The van der Waals surface area contributed by atoms with Crippen molar-refractivity contribution in [1.29, 1.82) is 0 Å². The van der Waals surface area contributed by atoms with E-state index in [2.05, 4.69) is 32.6 Å². The Bertz CT molecular complexity index is 287. The largest absolute Gasteiger partial charge is 0.378 e. The second-order valence-corrected chi connectivity index (χ2v) is 7.48. The van der Waals surface area contributed by atoms with Crippen LogP contribution in [0.3, 0.4) is 0 Å². The second-order valence-electron chi connectivity index (χ2n) is 7.48. The first-order chi connectivity index (χ1) is 8.93. The van der Waals surface area contributed by atoms with Crippen molar-refractivity contribution in [1.82, 2.24) is 4.90 Å². The van der Waals surface area contributed by atoms with Gasteiger partial charge in [-0.3, -0.25) is 4.90 Å². The fourth-order valence-corrected chi connectivity index (χ4v) is 3.79. The number of nitrogens with two attached hydrogens (primary N) is 1. The van der Waals surface area contributed by atoms with Gasteiger partial charge < -0.3 is 10.5 Å². The highest BCUT2D eigenvalue weighted by Gasteiger charge is 2.39. The van der Waals surface area contributed by atoms with Gasteiger partial charge in [0.1, 0.15) is 0 Å². The minimum atomic E-state index is 0.353. The average Bonchev–Trinajstić information content (AvgIpc) is 2.38. The normalized spacial score (nSPS) is 38.4. The molecule has 0 aromatic rings. The van der Waals surface area contributed by atoms with Gasteiger partial charge in [-0.25, -0.2) is 0 Å². The molecule has 112 valence electrons. The Morgan fingerprint density at radius 3 is 2.63 bits per heavy atom. The van der Waals surface area contributed by atoms with Crippen LogP contribution in [-0.2, 0) is 4.74 Å². The van der Waals surface area contributed by atoms with Crippen LogP contribution in [0.4, 0.5) is 0 Å². The summed E-state index contributed by atoms with van der Waals surface area (Å²) in [6.07, 6.45) is 4.91. The van der Waals surface area contributed by atoms with Gasteiger partial charge in [0.2, 0.25) is 0 Å². The topological polar surface area (TPSA) is 38.5 Å². The Morgan fingerprint density at radius 1 is 1.26 bits per heavy atom. The van der Waals surface area contributed by atoms with Crippen LogP contribution in [0.1, 0.15) is 53.4 Å². The first-order valence-electron chi connectivity index (χ1n) is 8.02. The number of morpholine rings is 1. The van der Waals surface area contributed by atoms with Gasteiger partial charge in [0.15, 0.2) is 0 Å². The van der Waals surface area contributed by atoms with E-state index in [1.165, 1.54) is 25.7 Å². The van der Waals surface area contributed by atoms with E-state index < -0.39 is 0 Å². The van der Waals surface area contributed by atoms with E-state index in [4.69, 9.17) is 10.5 Å². The van der Waals surface area contributed by atoms with Crippen LogP contribution in [0.5, 0.6) is 0 Å². The minimum Gasteiger partial charge on any atom is -0.378 e. The third kappa shape index (κ3) is 3.50. The zero-order chi connectivity index (χ0) is 14.0. The van der Waals surface area contributed by atoms with Gasteiger partial charge in [-0.1, -0.05) is 27.7 Å². The molecule has 4 atom stereocenters. The van der Waals surface area contributed by atoms with Gasteiger partial charge >= 0.3 is 0 Å². The number of nitrogens with zero attached hydrogens (tertiary/aromatic N) is 1. The van der Waals surface area contributed by atoms with E-state index in [0.717, 1.165) is 25.7 Å². The van der Waals surface area contributed by atoms with E-state index >= 15 is 0 Å². The standard InChI is InChI=1S/C16H32N2O/c1-5-13-11-19-9-8-18(13)15-10-12(16(2,3)4)6-7-14(15)17/h12-15H,5-11,17H2,1-4H3. The van der Waals surface area contributed by atoms with Crippen molar-refractivity contribution in [2.75, 3.05) is 19.8 Å². The van der Waals surface area contributed by atoms with Crippen molar-refractivity contribution in [2.24, 2.45) is 17.1 Å². The Morgan fingerprint density at radius 2 is 2.00 bits per heavy atom. The predicted octanol–water partition coefficient (Wildman–Crippen LogP) is 2.64. The molecule has 3 nitrogen and oxygen atoms in total. The molecule has 1 heterocycles. The van der Waals surface area contributed by atoms with Crippen molar-refractivity contribution in [3.8, 4) is 0 Å². The maximum Gasteiger partial charge on any atom is 0.0622 e. The van der Waals surface area contributed by atoms with Gasteiger partial charge in [0, 0.05) is 24.7 Å². The number of hydrogen-bond acceptors (Lipinski definition) is 3. The van der Waals surface area contributed by atoms with Gasteiger partial charge in [-0.05, 0) is 37.0 Å². The fourth-order valence-electron chi connectivity index (χ4n) is 3.79. The molecule has 0 bridgehead atoms. The van der Waals surface area contributed by atoms with Crippen LogP contribution >= 0.6 is 0 Å². The van der Waals surface area contributed by atoms with Crippen molar-refractivity contribution in [2.45, 2.75) is 71.5 Å². The van der Waals surface area contributed by atoms with Gasteiger partial charge in [-0.2, -0.15) is 0 Å². The molecule has 2 rings (SSSR count). The monoisotopic (exact) mass is 268 g/mol. The predicted molar refractivity (Wildman–Crippen MR) is 80.2 cm³/mol. The van der Waals surface area contributed by atoms with Crippen molar-refractivity contribution in [3.05, 3.63) is 0 Å². The van der Waals surface area contributed by atoms with Crippen LogP contribution in [0, 0.1) is 11.3 Å². The molecule has 2 N–H and O–H groups in total. The van der Waals surface area contributed by atoms with Crippen molar-refractivity contribution >= 4 is 0 Å². The third-order valence-electron chi connectivity index (χ3n) is 5.26. The highest BCUT2D eigenvalue weighted by molar-refractivity contribution is 4.95. The molecular formula is C16H32N2O. The smallest absolute Gasteiger partial charge is 0.0622 e. The minimum absolute atomic E-state index is 0.353. The molecule has 1 saturated heterocycles. The average molecular weight is 268 g/mol. The summed E-state index contributed by atoms with van der Waals surface area (Å²) >= 11 is 0. The summed E-state index contributed by atoms with van der Waals surface area (Å²) in [5, 5.41) is 0. The molecule has 4 unspecified atom stereocenters. The van der Waals surface area contributed by atoms with Crippen molar-refractivity contribution < 1.29 is 4.74 Å².